The first kappa shape index (κ1) is 11.4. The zero-order chi connectivity index (χ0) is 11.4. The van der Waals surface area contributed by atoms with Crippen molar-refractivity contribution in [3.63, 3.8) is 0 Å². The molecule has 0 radical (unpaired) electrons. The van der Waals surface area contributed by atoms with E-state index in [2.05, 4.69) is 37.4 Å². The number of benzene rings is 2. The molecule has 0 spiro atoms. The Balaban J connectivity index is 2.29. The summed E-state index contributed by atoms with van der Waals surface area (Å²) in [6, 6.07) is 16.0. The van der Waals surface area contributed by atoms with Gasteiger partial charge in [0.2, 0.25) is 0 Å². The van der Waals surface area contributed by atoms with Crippen LogP contribution in [0.15, 0.2) is 58.3 Å². The SMILES string of the molecule is Sc1ccccc1/C=C/c1ccccc1S. The lowest BCUT2D eigenvalue weighted by Crippen LogP contribution is -1.76. The Morgan fingerprint density at radius 1 is 0.625 bits per heavy atom. The highest BCUT2D eigenvalue weighted by atomic mass is 32.1. The van der Waals surface area contributed by atoms with E-state index in [1.807, 2.05) is 48.5 Å². The van der Waals surface area contributed by atoms with Gasteiger partial charge in [0.15, 0.2) is 0 Å². The predicted octanol–water partition coefficient (Wildman–Crippen LogP) is 4.43. The average Bonchev–Trinajstić information content (AvgIpc) is 2.30. The largest absolute Gasteiger partial charge is 0.143 e. The van der Waals surface area contributed by atoms with Crippen LogP contribution < -0.4 is 0 Å². The summed E-state index contributed by atoms with van der Waals surface area (Å²) >= 11 is 8.80. The Bertz CT molecular complexity index is 468. The van der Waals surface area contributed by atoms with Crippen LogP contribution in [-0.2, 0) is 0 Å². The Labute approximate surface area is 107 Å². The van der Waals surface area contributed by atoms with Gasteiger partial charge in [0.05, 0.1) is 0 Å². The number of hydrogen-bond donors (Lipinski definition) is 2. The van der Waals surface area contributed by atoms with Crippen molar-refractivity contribution in [3.8, 4) is 0 Å². The summed E-state index contributed by atoms with van der Waals surface area (Å²) in [5.41, 5.74) is 2.23. The van der Waals surface area contributed by atoms with Gasteiger partial charge in [-0.1, -0.05) is 48.6 Å². The van der Waals surface area contributed by atoms with E-state index in [9.17, 15) is 0 Å². The second-order valence-corrected chi connectivity index (χ2v) is 4.41. The minimum atomic E-state index is 0.982. The fraction of sp³-hybridized carbons (Fsp3) is 0. The zero-order valence-electron chi connectivity index (χ0n) is 8.67. The third kappa shape index (κ3) is 2.71. The molecular weight excluding hydrogens is 232 g/mol. The molecule has 0 aliphatic heterocycles. The van der Waals surface area contributed by atoms with Crippen molar-refractivity contribution >= 4 is 37.4 Å². The third-order valence-corrected chi connectivity index (χ3v) is 3.13. The summed E-state index contributed by atoms with van der Waals surface area (Å²) in [6.45, 7) is 0. The van der Waals surface area contributed by atoms with Gasteiger partial charge in [-0.05, 0) is 23.3 Å². The van der Waals surface area contributed by atoms with Crippen molar-refractivity contribution in [1.82, 2.24) is 0 Å². The molecule has 0 aliphatic rings. The second-order valence-electron chi connectivity index (χ2n) is 3.45. The molecule has 0 heterocycles. The van der Waals surface area contributed by atoms with Gasteiger partial charge < -0.3 is 0 Å². The summed E-state index contributed by atoms with van der Waals surface area (Å²) in [5.74, 6) is 0. The van der Waals surface area contributed by atoms with Crippen molar-refractivity contribution in [2.24, 2.45) is 0 Å². The molecule has 2 rings (SSSR count). The molecule has 0 fully saturated rings. The maximum atomic E-state index is 4.40. The fourth-order valence-corrected chi connectivity index (χ4v) is 1.91. The van der Waals surface area contributed by atoms with Crippen molar-refractivity contribution in [2.45, 2.75) is 9.79 Å². The second kappa shape index (κ2) is 5.28. The Morgan fingerprint density at radius 3 is 1.38 bits per heavy atom. The highest BCUT2D eigenvalue weighted by molar-refractivity contribution is 7.80. The molecule has 2 aromatic carbocycles. The molecule has 0 unspecified atom stereocenters. The van der Waals surface area contributed by atoms with Crippen LogP contribution in [-0.4, -0.2) is 0 Å². The number of thiol groups is 2. The van der Waals surface area contributed by atoms with E-state index in [0.717, 1.165) is 20.9 Å². The Hall–Kier alpha value is -1.12. The maximum Gasteiger partial charge on any atom is 0.0113 e. The van der Waals surface area contributed by atoms with Crippen molar-refractivity contribution in [2.75, 3.05) is 0 Å². The van der Waals surface area contributed by atoms with E-state index in [-0.39, 0.29) is 0 Å². The van der Waals surface area contributed by atoms with Crippen LogP contribution in [0.3, 0.4) is 0 Å². The van der Waals surface area contributed by atoms with Gasteiger partial charge in [-0.3, -0.25) is 0 Å². The molecule has 0 aliphatic carbocycles. The summed E-state index contributed by atoms with van der Waals surface area (Å²) in [6.07, 6.45) is 4.11. The smallest absolute Gasteiger partial charge is 0.0113 e. The molecular formula is C14H12S2. The standard InChI is InChI=1S/C14H12S2/c15-13-7-3-1-5-11(13)9-10-12-6-2-4-8-14(12)16/h1-10,15-16H/b10-9+. The molecule has 0 saturated heterocycles. The van der Waals surface area contributed by atoms with Crippen LogP contribution in [0.2, 0.25) is 0 Å². The van der Waals surface area contributed by atoms with Crippen molar-refractivity contribution in [3.05, 3.63) is 59.7 Å². The van der Waals surface area contributed by atoms with E-state index in [0.29, 0.717) is 0 Å². The van der Waals surface area contributed by atoms with Crippen LogP contribution in [0.4, 0.5) is 0 Å². The van der Waals surface area contributed by atoms with Gasteiger partial charge in [-0.25, -0.2) is 0 Å². The lowest BCUT2D eigenvalue weighted by atomic mass is 10.1. The first-order valence-electron chi connectivity index (χ1n) is 5.01. The zero-order valence-corrected chi connectivity index (χ0v) is 10.5. The minimum absolute atomic E-state index is 0.982. The van der Waals surface area contributed by atoms with Gasteiger partial charge >= 0.3 is 0 Å². The molecule has 0 bridgehead atoms. The Kier molecular flexibility index (Phi) is 3.75. The van der Waals surface area contributed by atoms with Crippen LogP contribution in [0, 0.1) is 0 Å². The molecule has 2 aromatic rings. The topological polar surface area (TPSA) is 0 Å². The third-order valence-electron chi connectivity index (χ3n) is 2.32. The van der Waals surface area contributed by atoms with Gasteiger partial charge in [-0.2, -0.15) is 0 Å². The summed E-state index contributed by atoms with van der Waals surface area (Å²) in [5, 5.41) is 0. The molecule has 0 atom stereocenters. The van der Waals surface area contributed by atoms with Gasteiger partial charge in [0.1, 0.15) is 0 Å². The highest BCUT2D eigenvalue weighted by Crippen LogP contribution is 2.19. The van der Waals surface area contributed by atoms with Crippen LogP contribution in [0.1, 0.15) is 11.1 Å². The van der Waals surface area contributed by atoms with Crippen LogP contribution >= 0.6 is 25.3 Å². The monoisotopic (exact) mass is 244 g/mol. The summed E-state index contributed by atoms with van der Waals surface area (Å²) in [7, 11) is 0. The minimum Gasteiger partial charge on any atom is -0.143 e. The van der Waals surface area contributed by atoms with Crippen LogP contribution in [0.5, 0.6) is 0 Å². The first-order valence-corrected chi connectivity index (χ1v) is 5.91. The Morgan fingerprint density at radius 2 is 1.00 bits per heavy atom. The van der Waals surface area contributed by atoms with E-state index in [4.69, 9.17) is 0 Å². The van der Waals surface area contributed by atoms with Gasteiger partial charge in [0.25, 0.3) is 0 Å². The molecule has 0 nitrogen and oxygen atoms in total. The molecule has 0 aromatic heterocycles. The lowest BCUT2D eigenvalue weighted by Gasteiger charge is -2.00. The molecule has 2 heteroatoms. The van der Waals surface area contributed by atoms with Crippen LogP contribution in [0.25, 0.3) is 12.2 Å². The normalized spacial score (nSPS) is 10.9. The molecule has 16 heavy (non-hydrogen) atoms. The van der Waals surface area contributed by atoms with Crippen molar-refractivity contribution < 1.29 is 0 Å². The first-order chi connectivity index (χ1) is 7.77. The van der Waals surface area contributed by atoms with E-state index >= 15 is 0 Å². The summed E-state index contributed by atoms with van der Waals surface area (Å²) < 4.78 is 0. The lowest BCUT2D eigenvalue weighted by molar-refractivity contribution is 1.42. The molecule has 0 saturated carbocycles. The van der Waals surface area contributed by atoms with E-state index < -0.39 is 0 Å². The predicted molar refractivity (Wildman–Crippen MR) is 76.3 cm³/mol. The van der Waals surface area contributed by atoms with E-state index in [1.165, 1.54) is 0 Å². The molecule has 80 valence electrons. The quantitative estimate of drug-likeness (QED) is 0.566. The molecule has 0 amide bonds. The molecule has 0 N–H and O–H groups in total. The van der Waals surface area contributed by atoms with E-state index in [1.54, 1.807) is 0 Å². The number of rotatable bonds is 2. The number of hydrogen-bond acceptors (Lipinski definition) is 2. The highest BCUT2D eigenvalue weighted by Gasteiger charge is 1.94. The van der Waals surface area contributed by atoms with Gasteiger partial charge in [0, 0.05) is 9.79 Å². The maximum absolute atomic E-state index is 4.40. The fourth-order valence-electron chi connectivity index (χ4n) is 1.44. The van der Waals surface area contributed by atoms with Gasteiger partial charge in [-0.15, -0.1) is 25.3 Å². The van der Waals surface area contributed by atoms with Crippen molar-refractivity contribution in [1.29, 1.82) is 0 Å². The average molecular weight is 244 g/mol. The summed E-state index contributed by atoms with van der Waals surface area (Å²) in [4.78, 5) is 1.96.